The van der Waals surface area contributed by atoms with Gasteiger partial charge in [0, 0.05) is 42.2 Å². The number of hydrogen-bond acceptors (Lipinski definition) is 3. The first kappa shape index (κ1) is 21.7. The second kappa shape index (κ2) is 7.01. The van der Waals surface area contributed by atoms with Gasteiger partial charge in [0.2, 0.25) is 5.91 Å². The average Bonchev–Trinajstić information content (AvgIpc) is 3.11. The molecule has 184 valence electrons. The van der Waals surface area contributed by atoms with E-state index in [1.165, 1.54) is 57.1 Å². The summed E-state index contributed by atoms with van der Waals surface area (Å²) in [4.78, 5) is 28.5. The van der Waals surface area contributed by atoms with Crippen molar-refractivity contribution in [3.05, 3.63) is 23.9 Å². The van der Waals surface area contributed by atoms with Gasteiger partial charge in [-0.15, -0.1) is 0 Å². The molecule has 8 aliphatic rings. The molecule has 34 heavy (non-hydrogen) atoms. The highest BCUT2D eigenvalue weighted by Gasteiger charge is 2.61. The van der Waals surface area contributed by atoms with Crippen LogP contribution in [0.4, 0.5) is 0 Å². The van der Waals surface area contributed by atoms with Crippen molar-refractivity contribution in [2.24, 2.45) is 52.3 Å². The number of allylic oxidation sites excluding steroid dienone is 3. The Morgan fingerprint density at radius 3 is 2.35 bits per heavy atom. The fourth-order valence-corrected chi connectivity index (χ4v) is 11.3. The van der Waals surface area contributed by atoms with Crippen molar-refractivity contribution in [3.8, 4) is 0 Å². The van der Waals surface area contributed by atoms with Gasteiger partial charge in [0.05, 0.1) is 0 Å². The highest BCUT2D eigenvalue weighted by molar-refractivity contribution is 6.01. The second-order valence-corrected chi connectivity index (χ2v) is 14.2. The summed E-state index contributed by atoms with van der Waals surface area (Å²) in [7, 11) is 2.17. The lowest BCUT2D eigenvalue weighted by Gasteiger charge is -2.59. The summed E-state index contributed by atoms with van der Waals surface area (Å²) in [5.41, 5.74) is 1.39. The maximum Gasteiger partial charge on any atom is 0.224 e. The first-order valence-corrected chi connectivity index (χ1v) is 14.2. The van der Waals surface area contributed by atoms with Crippen molar-refractivity contribution < 1.29 is 9.59 Å². The number of likely N-dealkylation sites (tertiary alicyclic amines) is 1. The van der Waals surface area contributed by atoms with Crippen molar-refractivity contribution in [1.82, 2.24) is 10.2 Å². The van der Waals surface area contributed by atoms with Crippen molar-refractivity contribution in [1.29, 1.82) is 0 Å². The van der Waals surface area contributed by atoms with E-state index < -0.39 is 0 Å². The molecule has 1 N–H and O–H groups in total. The standard InChI is InChI=1S/C30H42N2O2/c1-28-9-7-24-22(17-32(3)26-13-21(33)6-8-29(24,26)2)23(28)4-5-25(28)27(34)31-30-14-18-10-19(15-30)12-20(11-18)16-30/h6,8,13,18-20,22-25H,4-5,7,9-12,14-17H2,1-3H3,(H,31,34)/t18?,19?,20?,22-,23-,24-,25+,28-,29+,30?/m0/s1. The maximum atomic E-state index is 14.0. The van der Waals surface area contributed by atoms with E-state index in [1.54, 1.807) is 6.08 Å². The first-order valence-electron chi connectivity index (χ1n) is 14.2. The molecule has 8 rings (SSSR count). The highest BCUT2D eigenvalue weighted by atomic mass is 16.2. The SMILES string of the molecule is CN1C[C@H]2[C@@H]3CC[C@H](C(=O)NC45CC6CC(CC(C6)C4)C5)[C@@]3(C)CC[C@@H]2[C@@]2(C)C=CC(=O)C=C12. The summed E-state index contributed by atoms with van der Waals surface area (Å²) in [5.74, 6) is 5.06. The van der Waals surface area contributed by atoms with Crippen LogP contribution in [-0.4, -0.2) is 35.7 Å². The third-order valence-electron chi connectivity index (χ3n) is 12.3. The highest BCUT2D eigenvalue weighted by Crippen LogP contribution is 2.65. The van der Waals surface area contributed by atoms with Gasteiger partial charge in [0.25, 0.3) is 0 Å². The molecule has 0 aromatic carbocycles. The minimum absolute atomic E-state index is 0.0492. The van der Waals surface area contributed by atoms with Crippen molar-refractivity contribution in [2.45, 2.75) is 83.6 Å². The lowest BCUT2D eigenvalue weighted by Crippen LogP contribution is -2.62. The Kier molecular flexibility index (Phi) is 4.47. The molecule has 1 amide bonds. The van der Waals surface area contributed by atoms with Gasteiger partial charge in [0.15, 0.2) is 5.78 Å². The van der Waals surface area contributed by atoms with Crippen LogP contribution in [-0.2, 0) is 9.59 Å². The van der Waals surface area contributed by atoms with Crippen molar-refractivity contribution in [2.75, 3.05) is 13.6 Å². The van der Waals surface area contributed by atoms with Crippen LogP contribution in [0.25, 0.3) is 0 Å². The van der Waals surface area contributed by atoms with Gasteiger partial charge in [-0.2, -0.15) is 0 Å². The number of carbonyl (C=O) groups is 2. The fraction of sp³-hybridized carbons (Fsp3) is 0.800. The third-order valence-corrected chi connectivity index (χ3v) is 12.3. The fourth-order valence-electron chi connectivity index (χ4n) is 11.3. The Hall–Kier alpha value is -1.58. The molecule has 0 aromatic heterocycles. The smallest absolute Gasteiger partial charge is 0.224 e. The van der Waals surface area contributed by atoms with Gasteiger partial charge in [-0.1, -0.05) is 19.9 Å². The van der Waals surface area contributed by atoms with Crippen LogP contribution in [0.3, 0.4) is 0 Å². The van der Waals surface area contributed by atoms with Crippen LogP contribution >= 0.6 is 0 Å². The lowest BCUT2D eigenvalue weighted by atomic mass is 9.50. The van der Waals surface area contributed by atoms with Crippen LogP contribution < -0.4 is 5.32 Å². The molecular formula is C30H42N2O2. The maximum absolute atomic E-state index is 14.0. The summed E-state index contributed by atoms with van der Waals surface area (Å²) in [6.07, 6.45) is 18.4. The van der Waals surface area contributed by atoms with Crippen LogP contribution in [0.5, 0.6) is 0 Å². The molecule has 4 heteroatoms. The van der Waals surface area contributed by atoms with Crippen molar-refractivity contribution >= 4 is 11.7 Å². The number of hydrogen-bond donors (Lipinski definition) is 1. The number of nitrogens with zero attached hydrogens (tertiary/aromatic N) is 1. The Morgan fingerprint density at radius 1 is 1.00 bits per heavy atom. The molecule has 0 unspecified atom stereocenters. The molecule has 6 saturated carbocycles. The van der Waals surface area contributed by atoms with E-state index in [4.69, 9.17) is 0 Å². The Balaban J connectivity index is 1.13. The van der Waals surface area contributed by atoms with E-state index >= 15 is 0 Å². The van der Waals surface area contributed by atoms with E-state index in [1.807, 2.05) is 6.08 Å². The van der Waals surface area contributed by atoms with Crippen molar-refractivity contribution in [3.63, 3.8) is 0 Å². The number of piperidine rings is 1. The number of nitrogens with one attached hydrogen (secondary N) is 1. The zero-order chi connectivity index (χ0) is 23.5. The lowest BCUT2D eigenvalue weighted by molar-refractivity contribution is -0.138. The minimum atomic E-state index is -0.0492. The molecule has 7 aliphatic carbocycles. The molecule has 1 aliphatic heterocycles. The molecule has 1 saturated heterocycles. The average molecular weight is 463 g/mol. The van der Waals surface area contributed by atoms with Gasteiger partial charge in [-0.25, -0.2) is 0 Å². The Labute approximate surface area is 205 Å². The minimum Gasteiger partial charge on any atom is -0.377 e. The van der Waals surface area contributed by atoms with Crippen LogP contribution in [0.1, 0.15) is 78.1 Å². The Bertz CT molecular complexity index is 960. The molecule has 0 spiro atoms. The molecule has 6 atom stereocenters. The Morgan fingerprint density at radius 2 is 1.68 bits per heavy atom. The second-order valence-electron chi connectivity index (χ2n) is 14.2. The molecular weight excluding hydrogens is 420 g/mol. The molecule has 4 bridgehead atoms. The zero-order valence-corrected chi connectivity index (χ0v) is 21.3. The topological polar surface area (TPSA) is 49.4 Å². The molecule has 4 nitrogen and oxygen atoms in total. The summed E-state index contributed by atoms with van der Waals surface area (Å²) in [6, 6.07) is 0. The van der Waals surface area contributed by atoms with E-state index in [9.17, 15) is 9.59 Å². The van der Waals surface area contributed by atoms with E-state index in [2.05, 4.69) is 37.2 Å². The quantitative estimate of drug-likeness (QED) is 0.621. The van der Waals surface area contributed by atoms with Crippen LogP contribution in [0, 0.1) is 52.3 Å². The number of amides is 1. The third kappa shape index (κ3) is 2.89. The predicted molar refractivity (Wildman–Crippen MR) is 133 cm³/mol. The van der Waals surface area contributed by atoms with Gasteiger partial charge < -0.3 is 10.2 Å². The number of ketones is 1. The largest absolute Gasteiger partial charge is 0.377 e. The summed E-state index contributed by atoms with van der Waals surface area (Å²) >= 11 is 0. The number of carbonyl (C=O) groups excluding carboxylic acids is 2. The molecule has 1 heterocycles. The predicted octanol–water partition coefficient (Wildman–Crippen LogP) is 5.10. The van der Waals surface area contributed by atoms with Gasteiger partial charge in [-0.3, -0.25) is 9.59 Å². The number of fused-ring (bicyclic) bond motifs is 5. The van der Waals surface area contributed by atoms with E-state index in [-0.39, 0.29) is 28.1 Å². The van der Waals surface area contributed by atoms with E-state index in [0.717, 1.165) is 37.1 Å². The normalized spacial score (nSPS) is 52.7. The van der Waals surface area contributed by atoms with Gasteiger partial charge in [0.1, 0.15) is 0 Å². The summed E-state index contributed by atoms with van der Waals surface area (Å²) < 4.78 is 0. The van der Waals surface area contributed by atoms with Crippen LogP contribution in [0.15, 0.2) is 23.9 Å². The zero-order valence-electron chi connectivity index (χ0n) is 21.3. The van der Waals surface area contributed by atoms with Gasteiger partial charge >= 0.3 is 0 Å². The van der Waals surface area contributed by atoms with E-state index in [0.29, 0.717) is 23.7 Å². The monoisotopic (exact) mass is 462 g/mol. The molecule has 7 fully saturated rings. The summed E-state index contributed by atoms with van der Waals surface area (Å²) in [6.45, 7) is 5.83. The molecule has 0 radical (unpaired) electrons. The van der Waals surface area contributed by atoms with Gasteiger partial charge in [-0.05, 0) is 111 Å². The summed E-state index contributed by atoms with van der Waals surface area (Å²) in [5, 5.41) is 3.76. The van der Waals surface area contributed by atoms with Crippen LogP contribution in [0.2, 0.25) is 0 Å². The first-order chi connectivity index (χ1) is 16.2. The number of rotatable bonds is 2. The molecule has 0 aromatic rings.